The number of amides is 1. The Morgan fingerprint density at radius 3 is 2.60 bits per heavy atom. The number of likely N-dealkylation sites (tertiary alicyclic amines) is 1. The van der Waals surface area contributed by atoms with E-state index in [0.29, 0.717) is 19.5 Å². The second-order valence-corrected chi connectivity index (χ2v) is 7.54. The summed E-state index contributed by atoms with van der Waals surface area (Å²) in [6.07, 6.45) is 1.36. The van der Waals surface area contributed by atoms with E-state index in [2.05, 4.69) is 0 Å². The first kappa shape index (κ1) is 19.2. The monoisotopic (exact) mass is 368 g/mol. The number of nitro benzene ring substituents is 1. The summed E-state index contributed by atoms with van der Waals surface area (Å²) in [5, 5.41) is 10.7. The molecule has 1 saturated heterocycles. The Kier molecular flexibility index (Phi) is 5.67. The van der Waals surface area contributed by atoms with E-state index >= 15 is 0 Å². The van der Waals surface area contributed by atoms with Gasteiger partial charge in [-0.1, -0.05) is 32.4 Å². The highest BCUT2D eigenvalue weighted by Gasteiger charge is 2.34. The molecule has 0 saturated carbocycles. The van der Waals surface area contributed by atoms with Gasteiger partial charge in [0.25, 0.3) is 5.69 Å². The lowest BCUT2D eigenvalue weighted by Gasteiger charge is -2.35. The van der Waals surface area contributed by atoms with Crippen LogP contribution in [0.2, 0.25) is 5.02 Å². The molecule has 0 N–H and O–H groups in total. The molecule has 1 aromatic rings. The molecule has 1 aromatic carbocycles. The predicted octanol–water partition coefficient (Wildman–Crippen LogP) is 3.44. The van der Waals surface area contributed by atoms with Gasteiger partial charge < -0.3 is 9.64 Å². The molecule has 1 amide bonds. The first-order valence-corrected chi connectivity index (χ1v) is 8.42. The number of carbonyl (C=O) groups is 2. The highest BCUT2D eigenvalue weighted by molar-refractivity contribution is 6.32. The smallest absolute Gasteiger partial charge is 0.316 e. The van der Waals surface area contributed by atoms with Crippen molar-refractivity contribution in [2.45, 2.75) is 33.6 Å². The maximum atomic E-state index is 12.4. The van der Waals surface area contributed by atoms with Gasteiger partial charge >= 0.3 is 5.97 Å². The molecule has 0 aromatic heterocycles. The molecule has 2 rings (SSSR count). The quantitative estimate of drug-likeness (QED) is 0.353. The molecular weight excluding hydrogens is 348 g/mol. The largest absolute Gasteiger partial charge is 0.426 e. The topological polar surface area (TPSA) is 89.8 Å². The van der Waals surface area contributed by atoms with Crippen LogP contribution >= 0.6 is 11.6 Å². The van der Waals surface area contributed by atoms with Crippen molar-refractivity contribution in [3.8, 4) is 5.75 Å². The van der Waals surface area contributed by atoms with E-state index in [9.17, 15) is 19.7 Å². The number of nitrogens with zero attached hydrogens (tertiary/aromatic N) is 2. The number of hydrogen-bond donors (Lipinski definition) is 0. The van der Waals surface area contributed by atoms with E-state index in [1.54, 1.807) is 4.90 Å². The van der Waals surface area contributed by atoms with Gasteiger partial charge in [-0.15, -0.1) is 0 Å². The lowest BCUT2D eigenvalue weighted by Crippen LogP contribution is -2.47. The highest BCUT2D eigenvalue weighted by atomic mass is 35.5. The molecule has 8 heteroatoms. The predicted molar refractivity (Wildman–Crippen MR) is 92.5 cm³/mol. The molecule has 0 spiro atoms. The number of piperidine rings is 1. The summed E-state index contributed by atoms with van der Waals surface area (Å²) in [5.41, 5.74) is -0.751. The number of nitro groups is 1. The zero-order valence-electron chi connectivity index (χ0n) is 14.5. The van der Waals surface area contributed by atoms with Crippen LogP contribution in [0.25, 0.3) is 0 Å². The van der Waals surface area contributed by atoms with Crippen LogP contribution in [0, 0.1) is 21.4 Å². The number of ether oxygens (including phenoxy) is 1. The minimum Gasteiger partial charge on any atom is -0.426 e. The molecule has 25 heavy (non-hydrogen) atoms. The Labute approximate surface area is 151 Å². The molecule has 1 aliphatic rings. The Hall–Kier alpha value is -2.15. The van der Waals surface area contributed by atoms with Gasteiger partial charge in [-0.3, -0.25) is 19.7 Å². The van der Waals surface area contributed by atoms with E-state index in [1.807, 2.05) is 20.8 Å². The molecule has 1 atom stereocenters. The van der Waals surface area contributed by atoms with Crippen LogP contribution in [0.1, 0.15) is 33.6 Å². The second kappa shape index (κ2) is 7.39. The number of halogens is 1. The van der Waals surface area contributed by atoms with Crippen LogP contribution in [-0.4, -0.2) is 34.8 Å². The summed E-state index contributed by atoms with van der Waals surface area (Å²) in [4.78, 5) is 36.6. The summed E-state index contributed by atoms with van der Waals surface area (Å²) in [5.74, 6) is -0.728. The Bertz CT molecular complexity index is 699. The first-order chi connectivity index (χ1) is 11.6. The third kappa shape index (κ3) is 4.69. The minimum atomic E-state index is -0.606. The van der Waals surface area contributed by atoms with Gasteiger partial charge in [0.15, 0.2) is 0 Å². The van der Waals surface area contributed by atoms with Crippen molar-refractivity contribution < 1.29 is 19.2 Å². The van der Waals surface area contributed by atoms with E-state index in [4.69, 9.17) is 16.3 Å². The fourth-order valence-electron chi connectivity index (χ4n) is 2.73. The normalized spacial score (nSPS) is 17.9. The SMILES string of the molecule is CC(C)(C)C(=O)N1CCCC(C(=O)Oc2ccc([N+](=O)[O-])c(Cl)c2)C1. The van der Waals surface area contributed by atoms with E-state index in [-0.39, 0.29) is 22.4 Å². The first-order valence-electron chi connectivity index (χ1n) is 8.04. The number of carbonyl (C=O) groups excluding carboxylic acids is 2. The van der Waals surface area contributed by atoms with Crippen molar-refractivity contribution >= 4 is 29.2 Å². The molecule has 0 bridgehead atoms. The van der Waals surface area contributed by atoms with Crippen LogP contribution in [0.4, 0.5) is 5.69 Å². The van der Waals surface area contributed by atoms with Gasteiger partial charge in [-0.05, 0) is 18.9 Å². The highest BCUT2D eigenvalue weighted by Crippen LogP contribution is 2.30. The van der Waals surface area contributed by atoms with Crippen molar-refractivity contribution in [2.24, 2.45) is 11.3 Å². The van der Waals surface area contributed by atoms with Crippen molar-refractivity contribution in [2.75, 3.05) is 13.1 Å². The van der Waals surface area contributed by atoms with Crippen molar-refractivity contribution in [3.63, 3.8) is 0 Å². The van der Waals surface area contributed by atoms with Crippen molar-refractivity contribution in [1.82, 2.24) is 4.90 Å². The minimum absolute atomic E-state index is 0.00313. The molecular formula is C17H21ClN2O5. The lowest BCUT2D eigenvalue weighted by atomic mass is 9.91. The molecule has 7 nitrogen and oxygen atoms in total. The number of rotatable bonds is 3. The van der Waals surface area contributed by atoms with E-state index < -0.39 is 22.2 Å². The number of benzene rings is 1. The molecule has 0 radical (unpaired) electrons. The molecule has 1 fully saturated rings. The maximum absolute atomic E-state index is 12.4. The average molecular weight is 369 g/mol. The van der Waals surface area contributed by atoms with Crippen LogP contribution in [0.3, 0.4) is 0 Å². The van der Waals surface area contributed by atoms with Gasteiger partial charge in [0.05, 0.1) is 10.8 Å². The summed E-state index contributed by atoms with van der Waals surface area (Å²) in [6.45, 7) is 6.47. The summed E-state index contributed by atoms with van der Waals surface area (Å²) < 4.78 is 5.30. The standard InChI is InChI=1S/C17H21ClN2O5/c1-17(2,3)16(22)19-8-4-5-11(10-19)15(21)25-12-6-7-14(20(23)24)13(18)9-12/h6-7,9,11H,4-5,8,10H2,1-3H3. The van der Waals surface area contributed by atoms with Crippen molar-refractivity contribution in [1.29, 1.82) is 0 Å². The zero-order chi connectivity index (χ0) is 18.8. The number of hydrogen-bond acceptors (Lipinski definition) is 5. The van der Waals surface area contributed by atoms with E-state index in [0.717, 1.165) is 6.42 Å². The lowest BCUT2D eigenvalue weighted by molar-refractivity contribution is -0.384. The second-order valence-electron chi connectivity index (χ2n) is 7.13. The number of esters is 1. The Morgan fingerprint density at radius 1 is 1.36 bits per heavy atom. The van der Waals surface area contributed by atoms with Crippen molar-refractivity contribution in [3.05, 3.63) is 33.3 Å². The fourth-order valence-corrected chi connectivity index (χ4v) is 2.97. The van der Waals surface area contributed by atoms with Gasteiger partial charge in [0, 0.05) is 30.6 Å². The third-order valence-corrected chi connectivity index (χ3v) is 4.32. The molecule has 136 valence electrons. The summed E-state index contributed by atoms with van der Waals surface area (Å²) in [7, 11) is 0. The van der Waals surface area contributed by atoms with Crippen LogP contribution in [0.5, 0.6) is 5.75 Å². The third-order valence-electron chi connectivity index (χ3n) is 4.02. The summed E-state index contributed by atoms with van der Waals surface area (Å²) >= 11 is 5.82. The molecule has 1 heterocycles. The van der Waals surface area contributed by atoms with Crippen LogP contribution in [0.15, 0.2) is 18.2 Å². The maximum Gasteiger partial charge on any atom is 0.316 e. The average Bonchev–Trinajstić information content (AvgIpc) is 2.53. The Balaban J connectivity index is 2.04. The van der Waals surface area contributed by atoms with Gasteiger partial charge in [0.1, 0.15) is 10.8 Å². The molecule has 1 unspecified atom stereocenters. The fraction of sp³-hybridized carbons (Fsp3) is 0.529. The van der Waals surface area contributed by atoms with E-state index in [1.165, 1.54) is 18.2 Å². The van der Waals surface area contributed by atoms with Crippen LogP contribution < -0.4 is 4.74 Å². The molecule has 1 aliphatic heterocycles. The zero-order valence-corrected chi connectivity index (χ0v) is 15.2. The molecule has 0 aliphatic carbocycles. The van der Waals surface area contributed by atoms with Gasteiger partial charge in [-0.25, -0.2) is 0 Å². The summed E-state index contributed by atoms with van der Waals surface area (Å²) in [6, 6.07) is 3.78. The van der Waals surface area contributed by atoms with Gasteiger partial charge in [-0.2, -0.15) is 0 Å². The Morgan fingerprint density at radius 2 is 2.04 bits per heavy atom. The van der Waals surface area contributed by atoms with Crippen LogP contribution in [-0.2, 0) is 9.59 Å². The van der Waals surface area contributed by atoms with Gasteiger partial charge in [0.2, 0.25) is 5.91 Å².